The first kappa shape index (κ1) is 13.9. The summed E-state index contributed by atoms with van der Waals surface area (Å²) in [6.45, 7) is 0.473. The maximum absolute atomic E-state index is 11.7. The zero-order valence-corrected chi connectivity index (χ0v) is 11.2. The molecule has 0 unspecified atom stereocenters. The molecule has 2 aromatic carbocycles. The van der Waals surface area contributed by atoms with Crippen LogP contribution in [0.5, 0.6) is 5.75 Å². The molecule has 1 amide bonds. The highest BCUT2D eigenvalue weighted by Gasteiger charge is 2.02. The van der Waals surface area contributed by atoms with Gasteiger partial charge >= 0.3 is 0 Å². The van der Waals surface area contributed by atoms with Crippen molar-refractivity contribution in [1.29, 1.82) is 0 Å². The van der Waals surface area contributed by atoms with Crippen molar-refractivity contribution in [2.24, 2.45) is 0 Å². The van der Waals surface area contributed by atoms with Crippen molar-refractivity contribution in [2.75, 3.05) is 5.73 Å². The van der Waals surface area contributed by atoms with Crippen molar-refractivity contribution in [1.82, 2.24) is 5.32 Å². The van der Waals surface area contributed by atoms with Gasteiger partial charge in [0, 0.05) is 18.7 Å². The summed E-state index contributed by atoms with van der Waals surface area (Å²) in [6, 6.07) is 14.3. The van der Waals surface area contributed by atoms with Crippen LogP contribution in [0.15, 0.2) is 48.5 Å². The molecular weight excluding hydrogens is 252 g/mol. The Morgan fingerprint density at radius 3 is 2.25 bits per heavy atom. The molecule has 104 valence electrons. The molecule has 0 saturated carbocycles. The van der Waals surface area contributed by atoms with E-state index in [1.807, 2.05) is 24.3 Å². The van der Waals surface area contributed by atoms with E-state index in [-0.39, 0.29) is 11.7 Å². The lowest BCUT2D eigenvalue weighted by molar-refractivity contribution is -0.121. The molecule has 4 nitrogen and oxygen atoms in total. The number of phenolic OH excluding ortho intramolecular Hbond substituents is 1. The second-order valence-corrected chi connectivity index (χ2v) is 4.68. The predicted molar refractivity (Wildman–Crippen MR) is 79.1 cm³/mol. The SMILES string of the molecule is Nc1ccc(CCC(=O)NCc2ccc(O)cc2)cc1. The largest absolute Gasteiger partial charge is 0.508 e. The molecule has 0 heterocycles. The molecule has 20 heavy (non-hydrogen) atoms. The fraction of sp³-hybridized carbons (Fsp3) is 0.188. The first-order valence-corrected chi connectivity index (χ1v) is 6.52. The molecule has 0 saturated heterocycles. The molecule has 0 spiro atoms. The molecule has 0 aliphatic rings. The zero-order valence-electron chi connectivity index (χ0n) is 11.2. The average Bonchev–Trinajstić information content (AvgIpc) is 2.46. The second kappa shape index (κ2) is 6.61. The highest BCUT2D eigenvalue weighted by molar-refractivity contribution is 5.76. The summed E-state index contributed by atoms with van der Waals surface area (Å²) < 4.78 is 0. The summed E-state index contributed by atoms with van der Waals surface area (Å²) >= 11 is 0. The molecule has 4 heteroatoms. The first-order valence-electron chi connectivity index (χ1n) is 6.52. The van der Waals surface area contributed by atoms with Crippen molar-refractivity contribution < 1.29 is 9.90 Å². The molecule has 2 rings (SSSR count). The Kier molecular flexibility index (Phi) is 4.60. The van der Waals surface area contributed by atoms with Crippen LogP contribution >= 0.6 is 0 Å². The highest BCUT2D eigenvalue weighted by Crippen LogP contribution is 2.10. The Morgan fingerprint density at radius 2 is 1.60 bits per heavy atom. The minimum Gasteiger partial charge on any atom is -0.508 e. The van der Waals surface area contributed by atoms with E-state index in [4.69, 9.17) is 10.8 Å². The van der Waals surface area contributed by atoms with Crippen LogP contribution in [0.4, 0.5) is 5.69 Å². The summed E-state index contributed by atoms with van der Waals surface area (Å²) in [6.07, 6.45) is 1.14. The summed E-state index contributed by atoms with van der Waals surface area (Å²) in [7, 11) is 0. The molecule has 0 aliphatic heterocycles. The zero-order chi connectivity index (χ0) is 14.4. The Balaban J connectivity index is 1.75. The Hall–Kier alpha value is -2.49. The van der Waals surface area contributed by atoms with Crippen LogP contribution in [0, 0.1) is 0 Å². The third-order valence-electron chi connectivity index (χ3n) is 3.05. The number of nitrogen functional groups attached to an aromatic ring is 1. The molecule has 0 bridgehead atoms. The van der Waals surface area contributed by atoms with Crippen LogP contribution in [-0.2, 0) is 17.8 Å². The number of carbonyl (C=O) groups excluding carboxylic acids is 1. The van der Waals surface area contributed by atoms with Gasteiger partial charge in [0.15, 0.2) is 0 Å². The Morgan fingerprint density at radius 1 is 1.00 bits per heavy atom. The summed E-state index contributed by atoms with van der Waals surface area (Å²) in [5.41, 5.74) is 8.39. The van der Waals surface area contributed by atoms with Crippen LogP contribution in [0.3, 0.4) is 0 Å². The quantitative estimate of drug-likeness (QED) is 0.729. The molecular formula is C16H18N2O2. The third-order valence-corrected chi connectivity index (χ3v) is 3.05. The lowest BCUT2D eigenvalue weighted by Crippen LogP contribution is -2.22. The van der Waals surface area contributed by atoms with Gasteiger partial charge in [-0.3, -0.25) is 4.79 Å². The van der Waals surface area contributed by atoms with Gasteiger partial charge in [-0.1, -0.05) is 24.3 Å². The van der Waals surface area contributed by atoms with Gasteiger partial charge in [-0.05, 0) is 41.8 Å². The van der Waals surface area contributed by atoms with Gasteiger partial charge in [0.1, 0.15) is 5.75 Å². The van der Waals surface area contributed by atoms with Gasteiger partial charge in [-0.2, -0.15) is 0 Å². The lowest BCUT2D eigenvalue weighted by atomic mass is 10.1. The maximum atomic E-state index is 11.7. The van der Waals surface area contributed by atoms with Gasteiger partial charge in [-0.15, -0.1) is 0 Å². The minimum absolute atomic E-state index is 0.00917. The van der Waals surface area contributed by atoms with E-state index < -0.39 is 0 Å². The summed E-state index contributed by atoms with van der Waals surface area (Å²) in [5, 5.41) is 12.0. The highest BCUT2D eigenvalue weighted by atomic mass is 16.3. The predicted octanol–water partition coefficient (Wildman–Crippen LogP) is 2.22. The van der Waals surface area contributed by atoms with Crippen LogP contribution in [0.1, 0.15) is 17.5 Å². The number of aryl methyl sites for hydroxylation is 1. The topological polar surface area (TPSA) is 75.4 Å². The summed E-state index contributed by atoms with van der Waals surface area (Å²) in [4.78, 5) is 11.7. The molecule has 0 aliphatic carbocycles. The maximum Gasteiger partial charge on any atom is 0.220 e. The number of hydrogen-bond acceptors (Lipinski definition) is 3. The van der Waals surface area contributed by atoms with E-state index in [0.29, 0.717) is 19.4 Å². The third kappa shape index (κ3) is 4.31. The van der Waals surface area contributed by atoms with Gasteiger partial charge < -0.3 is 16.2 Å². The van der Waals surface area contributed by atoms with Crippen LogP contribution < -0.4 is 11.1 Å². The van der Waals surface area contributed by atoms with Gasteiger partial charge in [0.05, 0.1) is 0 Å². The van der Waals surface area contributed by atoms with Crippen LogP contribution in [-0.4, -0.2) is 11.0 Å². The van der Waals surface area contributed by atoms with Crippen molar-refractivity contribution >= 4 is 11.6 Å². The fourth-order valence-corrected chi connectivity index (χ4v) is 1.85. The van der Waals surface area contributed by atoms with Gasteiger partial charge in [-0.25, -0.2) is 0 Å². The van der Waals surface area contributed by atoms with Crippen molar-refractivity contribution in [3.05, 3.63) is 59.7 Å². The molecule has 4 N–H and O–H groups in total. The van der Waals surface area contributed by atoms with Gasteiger partial charge in [0.25, 0.3) is 0 Å². The molecule has 0 atom stereocenters. The van der Waals surface area contributed by atoms with Crippen LogP contribution in [0.2, 0.25) is 0 Å². The number of anilines is 1. The Labute approximate surface area is 118 Å². The van der Waals surface area contributed by atoms with E-state index >= 15 is 0 Å². The summed E-state index contributed by atoms with van der Waals surface area (Å²) in [5.74, 6) is 0.235. The first-order chi connectivity index (χ1) is 9.63. The van der Waals surface area contributed by atoms with Gasteiger partial charge in [0.2, 0.25) is 5.91 Å². The number of rotatable bonds is 5. The number of benzene rings is 2. The van der Waals surface area contributed by atoms with Crippen LogP contribution in [0.25, 0.3) is 0 Å². The average molecular weight is 270 g/mol. The van der Waals surface area contributed by atoms with E-state index in [1.54, 1.807) is 24.3 Å². The molecule has 0 aromatic heterocycles. The van der Waals surface area contributed by atoms with E-state index in [9.17, 15) is 4.79 Å². The number of aromatic hydroxyl groups is 1. The number of hydrogen-bond donors (Lipinski definition) is 3. The number of nitrogens with two attached hydrogens (primary N) is 1. The molecule has 0 fully saturated rings. The minimum atomic E-state index is 0.00917. The number of nitrogens with one attached hydrogen (secondary N) is 1. The van der Waals surface area contributed by atoms with E-state index in [2.05, 4.69) is 5.32 Å². The monoisotopic (exact) mass is 270 g/mol. The second-order valence-electron chi connectivity index (χ2n) is 4.68. The molecule has 2 aromatic rings. The number of phenols is 1. The number of carbonyl (C=O) groups is 1. The van der Waals surface area contributed by atoms with Crippen molar-refractivity contribution in [3.63, 3.8) is 0 Å². The fourth-order valence-electron chi connectivity index (χ4n) is 1.85. The van der Waals surface area contributed by atoms with Crippen molar-refractivity contribution in [3.8, 4) is 5.75 Å². The molecule has 0 radical (unpaired) electrons. The smallest absolute Gasteiger partial charge is 0.220 e. The standard InChI is InChI=1S/C16H18N2O2/c17-14-6-1-12(2-7-14)5-10-16(20)18-11-13-3-8-15(19)9-4-13/h1-4,6-9,19H,5,10-11,17H2,(H,18,20). The Bertz CT molecular complexity index is 511. The van der Waals surface area contributed by atoms with Crippen molar-refractivity contribution in [2.45, 2.75) is 19.4 Å². The normalized spacial score (nSPS) is 10.2. The number of amides is 1. The van der Waals surface area contributed by atoms with E-state index in [1.165, 1.54) is 0 Å². The van der Waals surface area contributed by atoms with E-state index in [0.717, 1.165) is 16.8 Å². The lowest BCUT2D eigenvalue weighted by Gasteiger charge is -2.06.